The van der Waals surface area contributed by atoms with Gasteiger partial charge in [0.25, 0.3) is 0 Å². The first-order valence-corrected chi connectivity index (χ1v) is 17.0. The minimum atomic E-state index is -6.09. The van der Waals surface area contributed by atoms with Crippen molar-refractivity contribution in [2.75, 3.05) is 0 Å². The molecular formula is C35H29F3NO3PS. The number of hydrogen-bond acceptors (Lipinski definition) is 3. The number of aromatic nitrogens is 1. The van der Waals surface area contributed by atoms with Crippen LogP contribution in [0.5, 0.6) is 0 Å². The van der Waals surface area contributed by atoms with E-state index in [1.807, 2.05) is 0 Å². The SMILES string of the molecule is Cn1cc(C(c2ccccc2)[P+](c2ccccc2)(c2ccccc2)c2ccccc2)c2ccccc21.O=S(=O)([O-])C(F)(F)F. The lowest BCUT2D eigenvalue weighted by atomic mass is 10.0. The first-order chi connectivity index (χ1) is 21.0. The highest BCUT2D eigenvalue weighted by molar-refractivity contribution is 7.96. The van der Waals surface area contributed by atoms with E-state index in [1.165, 1.54) is 37.9 Å². The second-order valence-corrected chi connectivity index (χ2v) is 15.0. The van der Waals surface area contributed by atoms with E-state index in [0.29, 0.717) is 0 Å². The van der Waals surface area contributed by atoms with Crippen molar-refractivity contribution in [2.45, 2.75) is 11.2 Å². The molecule has 1 atom stereocenters. The van der Waals surface area contributed by atoms with Crippen molar-refractivity contribution in [3.63, 3.8) is 0 Å². The van der Waals surface area contributed by atoms with Gasteiger partial charge in [-0.15, -0.1) is 0 Å². The van der Waals surface area contributed by atoms with Crippen LogP contribution < -0.4 is 15.9 Å². The van der Waals surface area contributed by atoms with Crippen molar-refractivity contribution in [1.82, 2.24) is 4.57 Å². The van der Waals surface area contributed by atoms with Crippen LogP contribution in [-0.4, -0.2) is 23.0 Å². The van der Waals surface area contributed by atoms with Gasteiger partial charge in [-0.05, 0) is 48.0 Å². The fourth-order valence-electron chi connectivity index (χ4n) is 5.72. The third-order valence-corrected chi connectivity index (χ3v) is 12.8. The van der Waals surface area contributed by atoms with E-state index >= 15 is 0 Å². The summed E-state index contributed by atoms with van der Waals surface area (Å²) in [4.78, 5) is 0. The highest BCUT2D eigenvalue weighted by atomic mass is 32.2. The Labute approximate surface area is 255 Å². The van der Waals surface area contributed by atoms with Crippen LogP contribution in [0.3, 0.4) is 0 Å². The quantitative estimate of drug-likeness (QED) is 0.110. The highest BCUT2D eigenvalue weighted by Gasteiger charge is 2.54. The molecule has 9 heteroatoms. The van der Waals surface area contributed by atoms with Crippen molar-refractivity contribution < 1.29 is 26.1 Å². The lowest BCUT2D eigenvalue weighted by molar-refractivity contribution is -0.0517. The molecule has 0 aliphatic heterocycles. The summed E-state index contributed by atoms with van der Waals surface area (Å²) in [5, 5.41) is 5.50. The molecule has 0 amide bonds. The summed E-state index contributed by atoms with van der Waals surface area (Å²) in [6, 6.07) is 53.6. The maximum atomic E-state index is 10.7. The van der Waals surface area contributed by atoms with E-state index in [-0.39, 0.29) is 5.66 Å². The maximum Gasteiger partial charge on any atom is 0.485 e. The van der Waals surface area contributed by atoms with Gasteiger partial charge >= 0.3 is 5.51 Å². The van der Waals surface area contributed by atoms with Gasteiger partial charge < -0.3 is 9.12 Å². The standard InChI is InChI=1S/C34H29NP.CHF3O3S/c1-35-26-32(31-24-14-15-25-33(31)35)34(27-16-6-2-7-17-27)36(28-18-8-3-9-19-28,29-20-10-4-11-21-29)30-22-12-5-13-23-30;2-1(3,4)8(5,6)7/h2-26,34H,1H3;(H,5,6,7)/q+1;/p-1. The molecular weight excluding hydrogens is 602 g/mol. The van der Waals surface area contributed by atoms with Gasteiger partial charge in [0.1, 0.15) is 28.8 Å². The Morgan fingerprint density at radius 2 is 1.00 bits per heavy atom. The maximum absolute atomic E-state index is 10.7. The molecule has 6 aromatic rings. The van der Waals surface area contributed by atoms with Gasteiger partial charge in [-0.25, -0.2) is 8.42 Å². The van der Waals surface area contributed by atoms with Crippen molar-refractivity contribution >= 4 is 44.2 Å². The Morgan fingerprint density at radius 1 is 0.636 bits per heavy atom. The smallest absolute Gasteiger partial charge is 0.485 e. The number of nitrogens with zero attached hydrogens (tertiary/aromatic N) is 1. The van der Waals surface area contributed by atoms with Crippen molar-refractivity contribution in [1.29, 1.82) is 0 Å². The predicted molar refractivity (Wildman–Crippen MR) is 172 cm³/mol. The minimum Gasteiger partial charge on any atom is -0.741 e. The van der Waals surface area contributed by atoms with Crippen molar-refractivity contribution in [3.8, 4) is 0 Å². The third kappa shape index (κ3) is 6.06. The number of aryl methyl sites for hydroxylation is 1. The molecule has 0 fully saturated rings. The van der Waals surface area contributed by atoms with E-state index in [2.05, 4.69) is 163 Å². The molecule has 6 rings (SSSR count). The zero-order valence-electron chi connectivity index (χ0n) is 23.7. The number of alkyl halides is 3. The average molecular weight is 632 g/mol. The summed E-state index contributed by atoms with van der Waals surface area (Å²) in [6.45, 7) is 0. The van der Waals surface area contributed by atoms with Gasteiger partial charge in [-0.1, -0.05) is 103 Å². The Kier molecular flexibility index (Phi) is 9.07. The molecule has 1 unspecified atom stereocenters. The summed E-state index contributed by atoms with van der Waals surface area (Å²) in [6.07, 6.45) is 2.37. The Balaban J connectivity index is 0.000000426. The number of halogens is 3. The average Bonchev–Trinajstić information content (AvgIpc) is 3.36. The Hall–Kier alpha value is -4.23. The van der Waals surface area contributed by atoms with Crippen LogP contribution in [0.15, 0.2) is 152 Å². The second kappa shape index (κ2) is 12.8. The minimum absolute atomic E-state index is 0.150. The van der Waals surface area contributed by atoms with Gasteiger partial charge in [-0.2, -0.15) is 13.2 Å². The van der Waals surface area contributed by atoms with E-state index in [1.54, 1.807) is 0 Å². The van der Waals surface area contributed by atoms with Crippen LogP contribution >= 0.6 is 7.26 Å². The van der Waals surface area contributed by atoms with Crippen molar-refractivity contribution in [2.24, 2.45) is 7.05 Å². The van der Waals surface area contributed by atoms with E-state index < -0.39 is 22.9 Å². The molecule has 0 aliphatic carbocycles. The number of para-hydroxylation sites is 1. The molecule has 1 heterocycles. The lowest BCUT2D eigenvalue weighted by Gasteiger charge is -2.35. The zero-order chi connectivity index (χ0) is 31.4. The first kappa shape index (κ1) is 31.2. The van der Waals surface area contributed by atoms with Gasteiger partial charge in [0, 0.05) is 29.7 Å². The van der Waals surface area contributed by atoms with Crippen LogP contribution in [-0.2, 0) is 17.2 Å². The molecule has 0 N–H and O–H groups in total. The lowest BCUT2D eigenvalue weighted by Crippen LogP contribution is -2.35. The molecule has 4 nitrogen and oxygen atoms in total. The van der Waals surface area contributed by atoms with Crippen LogP contribution in [0, 0.1) is 0 Å². The van der Waals surface area contributed by atoms with Gasteiger partial charge in [0.2, 0.25) is 0 Å². The Morgan fingerprint density at radius 3 is 1.41 bits per heavy atom. The molecule has 5 aromatic carbocycles. The largest absolute Gasteiger partial charge is 0.741 e. The molecule has 0 bridgehead atoms. The number of benzene rings is 5. The summed E-state index contributed by atoms with van der Waals surface area (Å²) in [7, 11) is -6.13. The molecule has 224 valence electrons. The molecule has 0 radical (unpaired) electrons. The third-order valence-electron chi connectivity index (χ3n) is 7.50. The van der Waals surface area contributed by atoms with Gasteiger partial charge in [-0.3, -0.25) is 0 Å². The molecule has 44 heavy (non-hydrogen) atoms. The Bertz CT molecular complexity index is 1840. The molecule has 0 spiro atoms. The number of hydrogen-bond donors (Lipinski definition) is 0. The van der Waals surface area contributed by atoms with E-state index in [9.17, 15) is 13.2 Å². The predicted octanol–water partition coefficient (Wildman–Crippen LogP) is 7.31. The van der Waals surface area contributed by atoms with Crippen LogP contribution in [0.4, 0.5) is 13.2 Å². The molecule has 0 saturated carbocycles. The van der Waals surface area contributed by atoms with Crippen LogP contribution in [0.1, 0.15) is 16.8 Å². The van der Waals surface area contributed by atoms with Gasteiger partial charge in [0.05, 0.1) is 0 Å². The summed E-state index contributed by atoms with van der Waals surface area (Å²) < 4.78 is 61.2. The van der Waals surface area contributed by atoms with Crippen LogP contribution in [0.2, 0.25) is 0 Å². The van der Waals surface area contributed by atoms with E-state index in [0.717, 1.165) is 0 Å². The van der Waals surface area contributed by atoms with Crippen molar-refractivity contribution in [3.05, 3.63) is 163 Å². The summed E-state index contributed by atoms with van der Waals surface area (Å²) in [5.41, 5.74) is -1.51. The molecule has 0 saturated heterocycles. The fraction of sp³-hybridized carbons (Fsp3) is 0.0857. The molecule has 0 aliphatic rings. The zero-order valence-corrected chi connectivity index (χ0v) is 25.4. The monoisotopic (exact) mass is 631 g/mol. The topological polar surface area (TPSA) is 62.1 Å². The number of fused-ring (bicyclic) bond motifs is 1. The van der Waals surface area contributed by atoms with Gasteiger partial charge in [0.15, 0.2) is 10.1 Å². The fourth-order valence-corrected chi connectivity index (χ4v) is 10.7. The normalized spacial score (nSPS) is 12.8. The van der Waals surface area contributed by atoms with Crippen LogP contribution in [0.25, 0.3) is 10.9 Å². The first-order valence-electron chi connectivity index (χ1n) is 13.7. The summed E-state index contributed by atoms with van der Waals surface area (Å²) in [5.74, 6) is 0. The van der Waals surface area contributed by atoms with E-state index in [4.69, 9.17) is 13.0 Å². The highest BCUT2D eigenvalue weighted by Crippen LogP contribution is 2.69. The summed E-state index contributed by atoms with van der Waals surface area (Å²) >= 11 is 0. The second-order valence-electron chi connectivity index (χ2n) is 10.2. The molecule has 1 aromatic heterocycles. The number of rotatable bonds is 6.